The Balaban J connectivity index is 5.29. The molecule has 0 radical (unpaired) electrons. The summed E-state index contributed by atoms with van der Waals surface area (Å²) in [6.45, 7) is 0. The molecule has 0 rings (SSSR count). The minimum absolute atomic E-state index is 0.0104. The van der Waals surface area contributed by atoms with Crippen molar-refractivity contribution in [2.75, 3.05) is 42.3 Å². The summed E-state index contributed by atoms with van der Waals surface area (Å²) in [7, 11) is 6.50. The molecule has 0 aromatic carbocycles. The van der Waals surface area contributed by atoms with E-state index in [2.05, 4.69) is 4.99 Å². The van der Waals surface area contributed by atoms with Crippen molar-refractivity contribution in [1.29, 1.82) is 0 Å². The van der Waals surface area contributed by atoms with Crippen LogP contribution in [0.15, 0.2) is 16.2 Å². The Morgan fingerprint density at radius 3 is 1.81 bits per heavy atom. The second-order valence-electron chi connectivity index (χ2n) is 3.93. The lowest BCUT2D eigenvalue weighted by Gasteiger charge is -2.14. The summed E-state index contributed by atoms with van der Waals surface area (Å²) in [5.74, 6) is 0. The first kappa shape index (κ1) is 14.9. The second kappa shape index (κ2) is 5.86. The van der Waals surface area contributed by atoms with Crippen molar-refractivity contribution in [3.8, 4) is 0 Å². The lowest BCUT2D eigenvalue weighted by atomic mass is 10.8. The van der Waals surface area contributed by atoms with Gasteiger partial charge in [-0.2, -0.15) is 0 Å². The van der Waals surface area contributed by atoms with Crippen molar-refractivity contribution in [2.24, 2.45) is 4.99 Å². The summed E-state index contributed by atoms with van der Waals surface area (Å²) in [5, 5.41) is 0.0104. The minimum Gasteiger partial charge on any atom is -0.381 e. The molecule has 6 nitrogen and oxygen atoms in total. The van der Waals surface area contributed by atoms with E-state index in [1.807, 2.05) is 0 Å². The van der Waals surface area contributed by atoms with Crippen LogP contribution < -0.4 is 0 Å². The van der Waals surface area contributed by atoms with Gasteiger partial charge in [-0.1, -0.05) is 0 Å². The zero-order valence-electron chi connectivity index (χ0n) is 10.7. The Kier molecular flexibility index (Phi) is 5.46. The highest BCUT2D eigenvalue weighted by Crippen LogP contribution is 2.11. The Hall–Kier alpha value is -1.08. The average Bonchev–Trinajstić information content (AvgIpc) is 2.10. The van der Waals surface area contributed by atoms with Crippen LogP contribution in [-0.2, 0) is 10.0 Å². The molecule has 0 atom stereocenters. The first-order valence-corrected chi connectivity index (χ1v) is 6.13. The SMILES string of the molecule is CN(C)C=NC(=CN(C)C)S(=O)(=O)N(C)C. The Labute approximate surface area is 97.9 Å². The molecule has 0 fully saturated rings. The molecule has 0 aromatic rings. The van der Waals surface area contributed by atoms with Gasteiger partial charge in [0.1, 0.15) is 0 Å². The molecule has 7 heteroatoms. The molecule has 0 aliphatic heterocycles. The molecule has 0 unspecified atom stereocenters. The van der Waals surface area contributed by atoms with Crippen LogP contribution in [0.2, 0.25) is 0 Å². The molecule has 0 amide bonds. The average molecular weight is 248 g/mol. The molecule has 0 aromatic heterocycles. The van der Waals surface area contributed by atoms with Crippen LogP contribution in [0.4, 0.5) is 0 Å². The van der Waals surface area contributed by atoms with E-state index in [1.54, 1.807) is 38.0 Å². The highest BCUT2D eigenvalue weighted by molar-refractivity contribution is 7.92. The molecule has 16 heavy (non-hydrogen) atoms. The van der Waals surface area contributed by atoms with Gasteiger partial charge in [0.15, 0.2) is 5.03 Å². The smallest absolute Gasteiger partial charge is 0.261 e. The highest BCUT2D eigenvalue weighted by Gasteiger charge is 2.20. The zero-order valence-corrected chi connectivity index (χ0v) is 11.5. The molecule has 0 saturated carbocycles. The van der Waals surface area contributed by atoms with Crippen LogP contribution in [0.25, 0.3) is 0 Å². The second-order valence-corrected chi connectivity index (χ2v) is 6.03. The third-order valence-electron chi connectivity index (χ3n) is 1.53. The van der Waals surface area contributed by atoms with Gasteiger partial charge in [-0.15, -0.1) is 0 Å². The fourth-order valence-corrected chi connectivity index (χ4v) is 1.65. The quantitative estimate of drug-likeness (QED) is 0.500. The third kappa shape index (κ3) is 4.63. The number of nitrogens with zero attached hydrogens (tertiary/aromatic N) is 4. The maximum atomic E-state index is 11.9. The Morgan fingerprint density at radius 2 is 1.50 bits per heavy atom. The summed E-state index contributed by atoms with van der Waals surface area (Å²) in [6.07, 6.45) is 2.92. The van der Waals surface area contributed by atoms with Crippen LogP contribution in [0.1, 0.15) is 0 Å². The van der Waals surface area contributed by atoms with Gasteiger partial charge < -0.3 is 9.80 Å². The van der Waals surface area contributed by atoms with Gasteiger partial charge >= 0.3 is 0 Å². The van der Waals surface area contributed by atoms with E-state index >= 15 is 0 Å². The van der Waals surface area contributed by atoms with Gasteiger partial charge in [0, 0.05) is 48.5 Å². The van der Waals surface area contributed by atoms with Crippen LogP contribution in [0, 0.1) is 0 Å². The van der Waals surface area contributed by atoms with E-state index in [0.717, 1.165) is 4.31 Å². The summed E-state index contributed by atoms with van der Waals surface area (Å²) < 4.78 is 24.9. The fourth-order valence-electron chi connectivity index (χ4n) is 0.747. The van der Waals surface area contributed by atoms with Gasteiger partial charge in [0.05, 0.1) is 6.34 Å². The molecule has 94 valence electrons. The van der Waals surface area contributed by atoms with E-state index in [1.165, 1.54) is 26.6 Å². The van der Waals surface area contributed by atoms with E-state index in [-0.39, 0.29) is 5.03 Å². The van der Waals surface area contributed by atoms with Crippen molar-refractivity contribution in [3.05, 3.63) is 11.2 Å². The Morgan fingerprint density at radius 1 is 1.00 bits per heavy atom. The number of hydrogen-bond acceptors (Lipinski definition) is 4. The molecule has 0 N–H and O–H groups in total. The fraction of sp³-hybridized carbons (Fsp3) is 0.667. The Bertz CT molecular complexity index is 369. The van der Waals surface area contributed by atoms with E-state index in [0.29, 0.717) is 0 Å². The standard InChI is InChI=1S/C9H20N4O2S/c1-11(2)7-9(10-8-12(3)4)16(14,15)13(5)6/h7-8H,1-6H3. The predicted molar refractivity (Wildman–Crippen MR) is 66.6 cm³/mol. The van der Waals surface area contributed by atoms with Gasteiger partial charge in [0.25, 0.3) is 10.0 Å². The van der Waals surface area contributed by atoms with Crippen molar-refractivity contribution >= 4 is 16.4 Å². The molecular formula is C9H20N4O2S. The topological polar surface area (TPSA) is 56.2 Å². The van der Waals surface area contributed by atoms with Crippen molar-refractivity contribution < 1.29 is 8.42 Å². The summed E-state index contributed by atoms with van der Waals surface area (Å²) in [6, 6.07) is 0. The summed E-state index contributed by atoms with van der Waals surface area (Å²) in [4.78, 5) is 7.26. The monoisotopic (exact) mass is 248 g/mol. The number of sulfonamides is 1. The largest absolute Gasteiger partial charge is 0.381 e. The minimum atomic E-state index is -3.50. The lowest BCUT2D eigenvalue weighted by Crippen LogP contribution is -2.25. The van der Waals surface area contributed by atoms with Gasteiger partial charge in [-0.25, -0.2) is 17.7 Å². The molecule has 0 aliphatic carbocycles. The third-order valence-corrected chi connectivity index (χ3v) is 3.23. The van der Waals surface area contributed by atoms with Crippen molar-refractivity contribution in [2.45, 2.75) is 0 Å². The molecular weight excluding hydrogens is 228 g/mol. The lowest BCUT2D eigenvalue weighted by molar-refractivity contribution is 0.520. The predicted octanol–water partition coefficient (Wildman–Crippen LogP) is -0.172. The van der Waals surface area contributed by atoms with Gasteiger partial charge in [-0.05, 0) is 0 Å². The summed E-state index contributed by atoms with van der Waals surface area (Å²) >= 11 is 0. The first-order valence-electron chi connectivity index (χ1n) is 4.69. The van der Waals surface area contributed by atoms with Crippen LogP contribution >= 0.6 is 0 Å². The van der Waals surface area contributed by atoms with E-state index in [4.69, 9.17) is 0 Å². The van der Waals surface area contributed by atoms with Gasteiger partial charge in [0.2, 0.25) is 0 Å². The summed E-state index contributed by atoms with van der Waals surface area (Å²) in [5.41, 5.74) is 0. The van der Waals surface area contributed by atoms with Crippen LogP contribution in [-0.4, -0.2) is 71.1 Å². The van der Waals surface area contributed by atoms with Crippen LogP contribution in [0.5, 0.6) is 0 Å². The first-order chi connectivity index (χ1) is 7.17. The van der Waals surface area contributed by atoms with Crippen molar-refractivity contribution in [3.63, 3.8) is 0 Å². The molecule has 0 saturated heterocycles. The maximum absolute atomic E-state index is 11.9. The zero-order chi connectivity index (χ0) is 12.9. The highest BCUT2D eigenvalue weighted by atomic mass is 32.2. The number of hydrogen-bond donors (Lipinski definition) is 0. The van der Waals surface area contributed by atoms with E-state index < -0.39 is 10.0 Å². The molecule has 0 heterocycles. The molecule has 0 spiro atoms. The number of rotatable bonds is 5. The maximum Gasteiger partial charge on any atom is 0.261 e. The molecule has 0 bridgehead atoms. The number of aliphatic imine (C=N–C) groups is 1. The van der Waals surface area contributed by atoms with Crippen LogP contribution in [0.3, 0.4) is 0 Å². The normalized spacial score (nSPS) is 13.6. The van der Waals surface area contributed by atoms with Crippen molar-refractivity contribution in [1.82, 2.24) is 14.1 Å². The van der Waals surface area contributed by atoms with Gasteiger partial charge in [-0.3, -0.25) is 0 Å². The molecule has 0 aliphatic rings. The van der Waals surface area contributed by atoms with E-state index in [9.17, 15) is 8.42 Å².